The Kier molecular flexibility index (Phi) is 3.60. The second-order valence-corrected chi connectivity index (χ2v) is 5.74. The van der Waals surface area contributed by atoms with Crippen LogP contribution < -0.4 is 5.73 Å². The van der Waals surface area contributed by atoms with E-state index in [2.05, 4.69) is 31.4 Å². The lowest BCUT2D eigenvalue weighted by Crippen LogP contribution is -2.32. The molecule has 0 bridgehead atoms. The van der Waals surface area contributed by atoms with Gasteiger partial charge in [-0.2, -0.15) is 0 Å². The van der Waals surface area contributed by atoms with Crippen molar-refractivity contribution in [2.45, 2.75) is 42.9 Å². The van der Waals surface area contributed by atoms with Gasteiger partial charge in [0.2, 0.25) is 0 Å². The number of aryl methyl sites for hydroxylation is 1. The van der Waals surface area contributed by atoms with E-state index < -0.39 is 0 Å². The van der Waals surface area contributed by atoms with Crippen LogP contribution in [0.25, 0.3) is 0 Å². The van der Waals surface area contributed by atoms with E-state index >= 15 is 0 Å². The molecule has 1 aromatic carbocycles. The van der Waals surface area contributed by atoms with Crippen LogP contribution >= 0.6 is 11.8 Å². The van der Waals surface area contributed by atoms with Crippen molar-refractivity contribution in [2.75, 3.05) is 12.8 Å². The number of benzene rings is 1. The van der Waals surface area contributed by atoms with Crippen LogP contribution in [0.2, 0.25) is 0 Å². The van der Waals surface area contributed by atoms with Gasteiger partial charge >= 0.3 is 0 Å². The number of nitrogens with two attached hydrogens (primary N) is 1. The van der Waals surface area contributed by atoms with Gasteiger partial charge in [-0.25, -0.2) is 0 Å². The molecule has 0 amide bonds. The fourth-order valence-corrected chi connectivity index (χ4v) is 3.68. The lowest BCUT2D eigenvalue weighted by molar-refractivity contribution is 0.445. The summed E-state index contributed by atoms with van der Waals surface area (Å²) >= 11 is 1.85. The van der Waals surface area contributed by atoms with Crippen LogP contribution in [0.15, 0.2) is 23.1 Å². The normalized spacial score (nSPS) is 18.9. The number of rotatable bonds is 3. The molecule has 0 aliphatic heterocycles. The van der Waals surface area contributed by atoms with Crippen molar-refractivity contribution in [3.63, 3.8) is 0 Å². The molecule has 1 aliphatic carbocycles. The van der Waals surface area contributed by atoms with E-state index in [9.17, 15) is 0 Å². The third-order valence-electron chi connectivity index (χ3n) is 3.88. The number of hydrogen-bond donors (Lipinski definition) is 1. The predicted molar refractivity (Wildman–Crippen MR) is 72.2 cm³/mol. The van der Waals surface area contributed by atoms with Gasteiger partial charge in [0.15, 0.2) is 0 Å². The zero-order valence-electron chi connectivity index (χ0n) is 10.3. The molecule has 88 valence electrons. The Balaban J connectivity index is 2.45. The molecule has 0 heterocycles. The summed E-state index contributed by atoms with van der Waals surface area (Å²) in [6, 6.07) is 6.83. The SMILES string of the molecule is CSc1cc(C)ccc1C1(CN)CCCC1. The van der Waals surface area contributed by atoms with Crippen LogP contribution in [-0.2, 0) is 5.41 Å². The second-order valence-electron chi connectivity index (χ2n) is 4.90. The summed E-state index contributed by atoms with van der Waals surface area (Å²) in [5.41, 5.74) is 9.16. The largest absolute Gasteiger partial charge is 0.330 e. The summed E-state index contributed by atoms with van der Waals surface area (Å²) in [6.07, 6.45) is 7.36. The van der Waals surface area contributed by atoms with Crippen molar-refractivity contribution in [1.82, 2.24) is 0 Å². The molecule has 0 saturated heterocycles. The number of hydrogen-bond acceptors (Lipinski definition) is 2. The smallest absolute Gasteiger partial charge is 0.0110 e. The van der Waals surface area contributed by atoms with Crippen LogP contribution in [0.3, 0.4) is 0 Å². The van der Waals surface area contributed by atoms with Crippen LogP contribution in [0, 0.1) is 6.92 Å². The Morgan fingerprint density at radius 3 is 2.56 bits per heavy atom. The van der Waals surface area contributed by atoms with Crippen molar-refractivity contribution in [2.24, 2.45) is 5.73 Å². The molecule has 1 nitrogen and oxygen atoms in total. The summed E-state index contributed by atoms with van der Waals surface area (Å²) in [5.74, 6) is 0. The molecule has 0 spiro atoms. The Morgan fingerprint density at radius 1 is 1.31 bits per heavy atom. The maximum atomic E-state index is 6.05. The highest BCUT2D eigenvalue weighted by Gasteiger charge is 2.35. The van der Waals surface area contributed by atoms with Gasteiger partial charge in [-0.3, -0.25) is 0 Å². The maximum Gasteiger partial charge on any atom is 0.0110 e. The first-order chi connectivity index (χ1) is 7.72. The molecule has 0 radical (unpaired) electrons. The fraction of sp³-hybridized carbons (Fsp3) is 0.571. The molecule has 1 saturated carbocycles. The Hall–Kier alpha value is -0.470. The summed E-state index contributed by atoms with van der Waals surface area (Å²) in [6.45, 7) is 2.96. The van der Waals surface area contributed by atoms with Gasteiger partial charge in [-0.1, -0.05) is 30.5 Å². The third-order valence-corrected chi connectivity index (χ3v) is 4.66. The second kappa shape index (κ2) is 4.80. The van der Waals surface area contributed by atoms with E-state index in [-0.39, 0.29) is 5.41 Å². The minimum atomic E-state index is 0.270. The van der Waals surface area contributed by atoms with Crippen LogP contribution in [-0.4, -0.2) is 12.8 Å². The average Bonchev–Trinajstić information content (AvgIpc) is 2.78. The molecule has 0 atom stereocenters. The lowest BCUT2D eigenvalue weighted by Gasteiger charge is -2.30. The van der Waals surface area contributed by atoms with E-state index in [1.807, 2.05) is 11.8 Å². The Labute approximate surface area is 103 Å². The molecule has 1 aliphatic rings. The van der Waals surface area contributed by atoms with Crippen molar-refractivity contribution in [3.8, 4) is 0 Å². The monoisotopic (exact) mass is 235 g/mol. The molecule has 1 aromatic rings. The highest BCUT2D eigenvalue weighted by atomic mass is 32.2. The first-order valence-electron chi connectivity index (χ1n) is 6.07. The van der Waals surface area contributed by atoms with E-state index in [4.69, 9.17) is 5.73 Å². The minimum Gasteiger partial charge on any atom is -0.330 e. The molecule has 0 unspecified atom stereocenters. The first kappa shape index (κ1) is 12.0. The van der Waals surface area contributed by atoms with Crippen molar-refractivity contribution >= 4 is 11.8 Å². The van der Waals surface area contributed by atoms with E-state index in [0.29, 0.717) is 0 Å². The van der Waals surface area contributed by atoms with Crippen LogP contribution in [0.5, 0.6) is 0 Å². The van der Waals surface area contributed by atoms with Gasteiger partial charge < -0.3 is 5.73 Å². The fourth-order valence-electron chi connectivity index (χ4n) is 2.87. The van der Waals surface area contributed by atoms with Gasteiger partial charge in [0.25, 0.3) is 0 Å². The van der Waals surface area contributed by atoms with E-state index in [1.165, 1.54) is 41.7 Å². The van der Waals surface area contributed by atoms with Gasteiger partial charge in [-0.05, 0) is 37.7 Å². The average molecular weight is 235 g/mol. The van der Waals surface area contributed by atoms with Crippen molar-refractivity contribution in [1.29, 1.82) is 0 Å². The molecule has 0 aromatic heterocycles. The van der Waals surface area contributed by atoms with Crippen LogP contribution in [0.1, 0.15) is 36.8 Å². The van der Waals surface area contributed by atoms with E-state index in [1.54, 1.807) is 0 Å². The minimum absolute atomic E-state index is 0.270. The summed E-state index contributed by atoms with van der Waals surface area (Å²) in [5, 5.41) is 0. The van der Waals surface area contributed by atoms with Gasteiger partial charge in [-0.15, -0.1) is 11.8 Å². The highest BCUT2D eigenvalue weighted by Crippen LogP contribution is 2.43. The maximum absolute atomic E-state index is 6.05. The lowest BCUT2D eigenvalue weighted by atomic mass is 9.79. The van der Waals surface area contributed by atoms with Crippen LogP contribution in [0.4, 0.5) is 0 Å². The third kappa shape index (κ3) is 2.01. The summed E-state index contributed by atoms with van der Waals surface area (Å²) in [7, 11) is 0. The van der Waals surface area contributed by atoms with Gasteiger partial charge in [0.1, 0.15) is 0 Å². The summed E-state index contributed by atoms with van der Waals surface area (Å²) < 4.78 is 0. The zero-order chi connectivity index (χ0) is 11.6. The van der Waals surface area contributed by atoms with Gasteiger partial charge in [0, 0.05) is 16.9 Å². The standard InChI is InChI=1S/C14H21NS/c1-11-5-6-12(13(9-11)16-2)14(10-15)7-3-4-8-14/h5-6,9H,3-4,7-8,10,15H2,1-2H3. The number of thioether (sulfide) groups is 1. The molecular weight excluding hydrogens is 214 g/mol. The summed E-state index contributed by atoms with van der Waals surface area (Å²) in [4.78, 5) is 1.42. The first-order valence-corrected chi connectivity index (χ1v) is 7.29. The van der Waals surface area contributed by atoms with Gasteiger partial charge in [0.05, 0.1) is 0 Å². The topological polar surface area (TPSA) is 26.0 Å². The molecule has 1 fully saturated rings. The molecule has 2 N–H and O–H groups in total. The molecule has 16 heavy (non-hydrogen) atoms. The molecular formula is C14H21NS. The van der Waals surface area contributed by atoms with Crippen molar-refractivity contribution < 1.29 is 0 Å². The van der Waals surface area contributed by atoms with E-state index in [0.717, 1.165) is 6.54 Å². The predicted octanol–water partition coefficient (Wildman–Crippen LogP) is 3.49. The quantitative estimate of drug-likeness (QED) is 0.812. The zero-order valence-corrected chi connectivity index (χ0v) is 11.1. The Bertz CT molecular complexity index is 367. The Morgan fingerprint density at radius 2 is 2.00 bits per heavy atom. The molecule has 2 heteroatoms. The molecule has 2 rings (SSSR count). The highest BCUT2D eigenvalue weighted by molar-refractivity contribution is 7.98. The van der Waals surface area contributed by atoms with Crippen molar-refractivity contribution in [3.05, 3.63) is 29.3 Å².